The van der Waals surface area contributed by atoms with E-state index in [0.717, 1.165) is 17.4 Å². The zero-order chi connectivity index (χ0) is 14.5. The van der Waals surface area contributed by atoms with Crippen LogP contribution in [0.4, 0.5) is 0 Å². The van der Waals surface area contributed by atoms with Gasteiger partial charge in [0.1, 0.15) is 0 Å². The molecular weight excluding hydrogens is 260 g/mol. The van der Waals surface area contributed by atoms with E-state index in [9.17, 15) is 0 Å². The number of aryl methyl sites for hydroxylation is 1. The van der Waals surface area contributed by atoms with E-state index in [1.165, 1.54) is 50.5 Å². The van der Waals surface area contributed by atoms with Crippen LogP contribution in [0.5, 0.6) is 0 Å². The highest BCUT2D eigenvalue weighted by atomic mass is 16.7. The molecule has 1 aromatic rings. The first-order valence-electron chi connectivity index (χ1n) is 8.67. The minimum absolute atomic E-state index is 0.136. The molecule has 0 radical (unpaired) electrons. The second kappa shape index (κ2) is 7.42. The lowest BCUT2D eigenvalue weighted by atomic mass is 9.78. The van der Waals surface area contributed by atoms with E-state index in [1.807, 2.05) is 0 Å². The maximum atomic E-state index is 5.53. The summed E-state index contributed by atoms with van der Waals surface area (Å²) in [5.74, 6) is 1.96. The van der Waals surface area contributed by atoms with Gasteiger partial charge in [-0.25, -0.2) is 0 Å². The van der Waals surface area contributed by atoms with Gasteiger partial charge in [-0.3, -0.25) is 0 Å². The van der Waals surface area contributed by atoms with Crippen molar-refractivity contribution in [1.29, 1.82) is 0 Å². The Morgan fingerprint density at radius 1 is 0.905 bits per heavy atom. The Labute approximate surface area is 128 Å². The third-order valence-electron chi connectivity index (χ3n) is 5.26. The minimum atomic E-state index is -0.136. The molecule has 0 atom stereocenters. The topological polar surface area (TPSA) is 18.5 Å². The van der Waals surface area contributed by atoms with E-state index < -0.39 is 0 Å². The number of benzene rings is 1. The van der Waals surface area contributed by atoms with Gasteiger partial charge in [-0.15, -0.1) is 0 Å². The number of rotatable bonds is 5. The maximum absolute atomic E-state index is 5.53. The van der Waals surface area contributed by atoms with Crippen LogP contribution in [-0.2, 0) is 15.9 Å². The van der Waals surface area contributed by atoms with Crippen molar-refractivity contribution >= 4 is 0 Å². The SMILES string of the molecule is CCC1CCC(CCc2ccc(C3OCCO3)cc2)CC1. The van der Waals surface area contributed by atoms with Gasteiger partial charge in [0.2, 0.25) is 0 Å². The molecule has 1 heterocycles. The second-order valence-electron chi connectivity index (χ2n) is 6.65. The summed E-state index contributed by atoms with van der Waals surface area (Å²) in [7, 11) is 0. The maximum Gasteiger partial charge on any atom is 0.184 e. The summed E-state index contributed by atoms with van der Waals surface area (Å²) in [6, 6.07) is 8.83. The molecule has 0 amide bonds. The van der Waals surface area contributed by atoms with E-state index in [4.69, 9.17) is 9.47 Å². The van der Waals surface area contributed by atoms with E-state index in [-0.39, 0.29) is 6.29 Å². The van der Waals surface area contributed by atoms with Gasteiger partial charge < -0.3 is 9.47 Å². The lowest BCUT2D eigenvalue weighted by Crippen LogP contribution is -2.14. The molecule has 21 heavy (non-hydrogen) atoms. The molecular formula is C19H28O2. The molecule has 0 bridgehead atoms. The second-order valence-corrected chi connectivity index (χ2v) is 6.65. The number of ether oxygens (including phenoxy) is 2. The summed E-state index contributed by atoms with van der Waals surface area (Å²) in [5.41, 5.74) is 2.61. The van der Waals surface area contributed by atoms with E-state index in [1.54, 1.807) is 0 Å². The van der Waals surface area contributed by atoms with Crippen LogP contribution in [0.15, 0.2) is 24.3 Å². The van der Waals surface area contributed by atoms with Gasteiger partial charge in [0.05, 0.1) is 13.2 Å². The van der Waals surface area contributed by atoms with Crippen LogP contribution in [0.25, 0.3) is 0 Å². The third-order valence-corrected chi connectivity index (χ3v) is 5.26. The molecule has 1 aliphatic carbocycles. The molecule has 2 aliphatic rings. The Balaban J connectivity index is 1.45. The van der Waals surface area contributed by atoms with Crippen LogP contribution in [-0.4, -0.2) is 13.2 Å². The smallest absolute Gasteiger partial charge is 0.184 e. The highest BCUT2D eigenvalue weighted by Crippen LogP contribution is 2.33. The fourth-order valence-corrected chi connectivity index (χ4v) is 3.69. The van der Waals surface area contributed by atoms with Crippen LogP contribution in [0.3, 0.4) is 0 Å². The quantitative estimate of drug-likeness (QED) is 0.768. The minimum Gasteiger partial charge on any atom is -0.346 e. The van der Waals surface area contributed by atoms with Crippen molar-refractivity contribution in [3.05, 3.63) is 35.4 Å². The molecule has 0 spiro atoms. The predicted octanol–water partition coefficient (Wildman–Crippen LogP) is 4.88. The molecule has 116 valence electrons. The molecule has 0 N–H and O–H groups in total. The van der Waals surface area contributed by atoms with Crippen LogP contribution in [0.1, 0.15) is 62.9 Å². The largest absolute Gasteiger partial charge is 0.346 e. The summed E-state index contributed by atoms with van der Waals surface area (Å²) in [4.78, 5) is 0. The lowest BCUT2D eigenvalue weighted by Gasteiger charge is -2.27. The van der Waals surface area contributed by atoms with Gasteiger partial charge in [0, 0.05) is 5.56 Å². The summed E-state index contributed by atoms with van der Waals surface area (Å²) >= 11 is 0. The van der Waals surface area contributed by atoms with Crippen molar-refractivity contribution in [2.24, 2.45) is 11.8 Å². The molecule has 1 aliphatic heterocycles. The van der Waals surface area contributed by atoms with Gasteiger partial charge in [-0.2, -0.15) is 0 Å². The van der Waals surface area contributed by atoms with Crippen LogP contribution < -0.4 is 0 Å². The van der Waals surface area contributed by atoms with Gasteiger partial charge in [0.15, 0.2) is 6.29 Å². The van der Waals surface area contributed by atoms with Crippen molar-refractivity contribution in [1.82, 2.24) is 0 Å². The number of hydrogen-bond acceptors (Lipinski definition) is 2. The monoisotopic (exact) mass is 288 g/mol. The van der Waals surface area contributed by atoms with Crippen molar-refractivity contribution in [2.45, 2.75) is 58.2 Å². The molecule has 1 saturated heterocycles. The molecule has 1 aromatic carbocycles. The molecule has 2 nitrogen and oxygen atoms in total. The zero-order valence-electron chi connectivity index (χ0n) is 13.2. The van der Waals surface area contributed by atoms with Crippen LogP contribution in [0.2, 0.25) is 0 Å². The van der Waals surface area contributed by atoms with Crippen molar-refractivity contribution < 1.29 is 9.47 Å². The van der Waals surface area contributed by atoms with Gasteiger partial charge >= 0.3 is 0 Å². The molecule has 3 rings (SSSR count). The molecule has 2 fully saturated rings. The third kappa shape index (κ3) is 4.08. The van der Waals surface area contributed by atoms with Crippen molar-refractivity contribution in [2.75, 3.05) is 13.2 Å². The van der Waals surface area contributed by atoms with Gasteiger partial charge in [0.25, 0.3) is 0 Å². The standard InChI is InChI=1S/C19H28O2/c1-2-15-3-5-16(6-4-15)7-8-17-9-11-18(12-10-17)19-20-13-14-21-19/h9-12,15-16,19H,2-8,13-14H2,1H3. The van der Waals surface area contributed by atoms with Crippen LogP contribution >= 0.6 is 0 Å². The zero-order valence-corrected chi connectivity index (χ0v) is 13.2. The van der Waals surface area contributed by atoms with E-state index >= 15 is 0 Å². The lowest BCUT2D eigenvalue weighted by molar-refractivity contribution is -0.0441. The summed E-state index contributed by atoms with van der Waals surface area (Å²) in [6.07, 6.45) is 9.61. The Bertz CT molecular complexity index is 412. The normalized spacial score (nSPS) is 27.1. The van der Waals surface area contributed by atoms with Gasteiger partial charge in [-0.05, 0) is 30.2 Å². The summed E-state index contributed by atoms with van der Waals surface area (Å²) in [5, 5.41) is 0. The van der Waals surface area contributed by atoms with Gasteiger partial charge in [-0.1, -0.05) is 63.3 Å². The Morgan fingerprint density at radius 2 is 1.52 bits per heavy atom. The molecule has 1 saturated carbocycles. The van der Waals surface area contributed by atoms with E-state index in [0.29, 0.717) is 13.2 Å². The number of hydrogen-bond donors (Lipinski definition) is 0. The summed E-state index contributed by atoms with van der Waals surface area (Å²) in [6.45, 7) is 3.77. The average Bonchev–Trinajstić information content (AvgIpc) is 3.08. The van der Waals surface area contributed by atoms with Crippen LogP contribution in [0, 0.1) is 11.8 Å². The summed E-state index contributed by atoms with van der Waals surface area (Å²) < 4.78 is 11.1. The highest BCUT2D eigenvalue weighted by Gasteiger charge is 2.20. The average molecular weight is 288 g/mol. The fourth-order valence-electron chi connectivity index (χ4n) is 3.69. The first kappa shape index (κ1) is 15.1. The first-order chi connectivity index (χ1) is 10.3. The molecule has 2 heteroatoms. The van der Waals surface area contributed by atoms with Crippen molar-refractivity contribution in [3.8, 4) is 0 Å². The highest BCUT2D eigenvalue weighted by molar-refractivity contribution is 5.23. The predicted molar refractivity (Wildman–Crippen MR) is 85.1 cm³/mol. The molecule has 0 aromatic heterocycles. The Kier molecular flexibility index (Phi) is 5.32. The Hall–Kier alpha value is -0.860. The van der Waals surface area contributed by atoms with Crippen molar-refractivity contribution in [3.63, 3.8) is 0 Å². The first-order valence-corrected chi connectivity index (χ1v) is 8.67. The molecule has 0 unspecified atom stereocenters. The van der Waals surface area contributed by atoms with E-state index in [2.05, 4.69) is 31.2 Å². The Morgan fingerprint density at radius 3 is 2.14 bits per heavy atom. The fraction of sp³-hybridized carbons (Fsp3) is 0.684.